The van der Waals surface area contributed by atoms with Gasteiger partial charge in [0.05, 0.1) is 4.90 Å². The van der Waals surface area contributed by atoms with Crippen LogP contribution in [0.5, 0.6) is 5.75 Å². The maximum atomic E-state index is 12.7. The maximum Gasteiger partial charge on any atom is 0.262 e. The Morgan fingerprint density at radius 2 is 1.70 bits per heavy atom. The quantitative estimate of drug-likeness (QED) is 0.586. The lowest BCUT2D eigenvalue weighted by atomic mass is 10.1. The standard InChI is InChI=1S/C23H26N2O4S/c1-4-25(5-2)30(27,28)19-13-14-22(17(3)15-19)29-16-23(26)24-21-12-8-10-18-9-6-7-11-20(18)21/h6-15H,4-5,16H2,1-3H3,(H,24,26). The van der Waals surface area contributed by atoms with Gasteiger partial charge in [-0.25, -0.2) is 8.42 Å². The normalized spacial score (nSPS) is 11.6. The average Bonchev–Trinajstić information content (AvgIpc) is 2.73. The minimum atomic E-state index is -3.53. The van der Waals surface area contributed by atoms with E-state index in [1.54, 1.807) is 32.9 Å². The van der Waals surface area contributed by atoms with Crippen molar-refractivity contribution in [1.29, 1.82) is 0 Å². The highest BCUT2D eigenvalue weighted by Gasteiger charge is 2.22. The van der Waals surface area contributed by atoms with Crippen LogP contribution >= 0.6 is 0 Å². The van der Waals surface area contributed by atoms with Crippen LogP contribution in [-0.2, 0) is 14.8 Å². The SMILES string of the molecule is CCN(CC)S(=O)(=O)c1ccc(OCC(=O)Nc2cccc3ccccc23)c(C)c1. The summed E-state index contributed by atoms with van der Waals surface area (Å²) in [6, 6.07) is 18.2. The molecule has 0 aliphatic rings. The van der Waals surface area contributed by atoms with Gasteiger partial charge in [-0.3, -0.25) is 4.79 Å². The van der Waals surface area contributed by atoms with Crippen molar-refractivity contribution in [2.75, 3.05) is 25.0 Å². The number of hydrogen-bond acceptors (Lipinski definition) is 4. The average molecular weight is 427 g/mol. The molecule has 1 N–H and O–H groups in total. The van der Waals surface area contributed by atoms with Crippen LogP contribution in [-0.4, -0.2) is 38.3 Å². The molecular formula is C23H26N2O4S. The molecule has 3 aromatic rings. The molecule has 0 saturated heterocycles. The van der Waals surface area contributed by atoms with E-state index in [0.717, 1.165) is 16.5 Å². The highest BCUT2D eigenvalue weighted by atomic mass is 32.2. The number of amides is 1. The lowest BCUT2D eigenvalue weighted by Gasteiger charge is -2.19. The van der Waals surface area contributed by atoms with Gasteiger partial charge in [-0.15, -0.1) is 0 Å². The molecule has 158 valence electrons. The summed E-state index contributed by atoms with van der Waals surface area (Å²) in [5, 5.41) is 4.87. The van der Waals surface area contributed by atoms with Crippen molar-refractivity contribution in [3.63, 3.8) is 0 Å². The van der Waals surface area contributed by atoms with Crippen LogP contribution in [0.25, 0.3) is 10.8 Å². The molecule has 3 aromatic carbocycles. The molecule has 0 unspecified atom stereocenters. The van der Waals surface area contributed by atoms with Gasteiger partial charge in [0.15, 0.2) is 6.61 Å². The van der Waals surface area contributed by atoms with Crippen molar-refractivity contribution in [3.05, 3.63) is 66.2 Å². The summed E-state index contributed by atoms with van der Waals surface area (Å²) < 4.78 is 32.4. The Bertz CT molecular complexity index is 1150. The number of aryl methyl sites for hydroxylation is 1. The minimum absolute atomic E-state index is 0.174. The third-order valence-electron chi connectivity index (χ3n) is 4.91. The number of carbonyl (C=O) groups is 1. The lowest BCUT2D eigenvalue weighted by Crippen LogP contribution is -2.30. The number of ether oxygens (including phenoxy) is 1. The highest BCUT2D eigenvalue weighted by molar-refractivity contribution is 7.89. The Labute approximate surface area is 177 Å². The van der Waals surface area contributed by atoms with E-state index in [9.17, 15) is 13.2 Å². The fraction of sp³-hybridized carbons (Fsp3) is 0.261. The molecule has 0 fully saturated rings. The van der Waals surface area contributed by atoms with E-state index in [0.29, 0.717) is 24.4 Å². The van der Waals surface area contributed by atoms with Crippen molar-refractivity contribution in [3.8, 4) is 5.75 Å². The number of rotatable bonds is 8. The van der Waals surface area contributed by atoms with E-state index in [-0.39, 0.29) is 17.4 Å². The topological polar surface area (TPSA) is 75.7 Å². The smallest absolute Gasteiger partial charge is 0.262 e. The second-order valence-corrected chi connectivity index (χ2v) is 8.82. The zero-order valence-corrected chi connectivity index (χ0v) is 18.2. The summed E-state index contributed by atoms with van der Waals surface area (Å²) in [5.41, 5.74) is 1.38. The van der Waals surface area contributed by atoms with Gasteiger partial charge in [-0.1, -0.05) is 50.2 Å². The van der Waals surface area contributed by atoms with E-state index < -0.39 is 10.0 Å². The molecule has 0 aromatic heterocycles. The van der Waals surface area contributed by atoms with Gasteiger partial charge >= 0.3 is 0 Å². The van der Waals surface area contributed by atoms with Gasteiger partial charge in [0.2, 0.25) is 10.0 Å². The summed E-state index contributed by atoms with van der Waals surface area (Å²) in [7, 11) is -3.53. The molecule has 0 spiro atoms. The predicted molar refractivity (Wildman–Crippen MR) is 119 cm³/mol. The zero-order valence-electron chi connectivity index (χ0n) is 17.4. The molecule has 30 heavy (non-hydrogen) atoms. The largest absolute Gasteiger partial charge is 0.483 e. The van der Waals surface area contributed by atoms with Crippen LogP contribution < -0.4 is 10.1 Å². The molecule has 0 aliphatic heterocycles. The highest BCUT2D eigenvalue weighted by Crippen LogP contribution is 2.25. The fourth-order valence-electron chi connectivity index (χ4n) is 3.32. The number of nitrogens with one attached hydrogen (secondary N) is 1. The Morgan fingerprint density at radius 1 is 1.00 bits per heavy atom. The van der Waals surface area contributed by atoms with Gasteiger partial charge in [0.1, 0.15) is 5.75 Å². The molecule has 6 nitrogen and oxygen atoms in total. The van der Waals surface area contributed by atoms with E-state index >= 15 is 0 Å². The molecule has 0 aliphatic carbocycles. The first-order valence-corrected chi connectivity index (χ1v) is 11.3. The first-order chi connectivity index (χ1) is 14.4. The third kappa shape index (κ3) is 4.63. The molecular weight excluding hydrogens is 400 g/mol. The number of benzene rings is 3. The Kier molecular flexibility index (Phi) is 6.74. The first-order valence-electron chi connectivity index (χ1n) is 9.88. The summed E-state index contributed by atoms with van der Waals surface area (Å²) in [6.07, 6.45) is 0. The Balaban J connectivity index is 1.69. The molecule has 0 radical (unpaired) electrons. The van der Waals surface area contributed by atoms with Crippen LogP contribution in [0.4, 0.5) is 5.69 Å². The maximum absolute atomic E-state index is 12.7. The summed E-state index contributed by atoms with van der Waals surface area (Å²) in [6.45, 7) is 6.01. The monoisotopic (exact) mass is 426 g/mol. The molecule has 1 amide bonds. The summed E-state index contributed by atoms with van der Waals surface area (Å²) in [5.74, 6) is 0.187. The number of nitrogens with zero attached hydrogens (tertiary/aromatic N) is 1. The molecule has 0 atom stereocenters. The summed E-state index contributed by atoms with van der Waals surface area (Å²) >= 11 is 0. The van der Waals surface area contributed by atoms with Crippen LogP contribution in [0.3, 0.4) is 0 Å². The van der Waals surface area contributed by atoms with Crippen molar-refractivity contribution in [2.24, 2.45) is 0 Å². The number of fused-ring (bicyclic) bond motifs is 1. The zero-order chi connectivity index (χ0) is 21.7. The summed E-state index contributed by atoms with van der Waals surface area (Å²) in [4.78, 5) is 12.6. The first kappa shape index (κ1) is 21.8. The van der Waals surface area contributed by atoms with E-state index in [1.165, 1.54) is 10.4 Å². The minimum Gasteiger partial charge on any atom is -0.483 e. The fourth-order valence-corrected chi connectivity index (χ4v) is 4.86. The van der Waals surface area contributed by atoms with Gasteiger partial charge in [-0.05, 0) is 42.1 Å². The second kappa shape index (κ2) is 9.28. The van der Waals surface area contributed by atoms with Gasteiger partial charge in [0.25, 0.3) is 5.91 Å². The second-order valence-electron chi connectivity index (χ2n) is 6.88. The van der Waals surface area contributed by atoms with Gasteiger partial charge < -0.3 is 10.1 Å². The van der Waals surface area contributed by atoms with Crippen molar-refractivity contribution < 1.29 is 17.9 Å². The van der Waals surface area contributed by atoms with Crippen LogP contribution in [0.1, 0.15) is 19.4 Å². The van der Waals surface area contributed by atoms with E-state index in [4.69, 9.17) is 4.74 Å². The Morgan fingerprint density at radius 3 is 2.40 bits per heavy atom. The van der Waals surface area contributed by atoms with E-state index in [2.05, 4.69) is 5.32 Å². The van der Waals surface area contributed by atoms with Crippen LogP contribution in [0.15, 0.2) is 65.6 Å². The molecule has 0 saturated carbocycles. The van der Waals surface area contributed by atoms with Crippen LogP contribution in [0.2, 0.25) is 0 Å². The van der Waals surface area contributed by atoms with Crippen molar-refractivity contribution in [2.45, 2.75) is 25.7 Å². The molecule has 7 heteroatoms. The molecule has 0 heterocycles. The number of sulfonamides is 1. The van der Waals surface area contributed by atoms with E-state index in [1.807, 2.05) is 42.5 Å². The molecule has 0 bridgehead atoms. The Hall–Kier alpha value is -2.90. The number of carbonyl (C=O) groups excluding carboxylic acids is 1. The number of anilines is 1. The molecule has 3 rings (SSSR count). The van der Waals surface area contributed by atoms with Gasteiger partial charge in [0, 0.05) is 24.2 Å². The lowest BCUT2D eigenvalue weighted by molar-refractivity contribution is -0.118. The van der Waals surface area contributed by atoms with Crippen molar-refractivity contribution >= 4 is 32.4 Å². The van der Waals surface area contributed by atoms with Gasteiger partial charge in [-0.2, -0.15) is 4.31 Å². The van der Waals surface area contributed by atoms with Crippen LogP contribution in [0, 0.1) is 6.92 Å². The number of hydrogen-bond donors (Lipinski definition) is 1. The van der Waals surface area contributed by atoms with Crippen molar-refractivity contribution in [1.82, 2.24) is 4.31 Å². The predicted octanol–water partition coefficient (Wildman–Crippen LogP) is 4.20. The third-order valence-corrected chi connectivity index (χ3v) is 6.96.